The number of aromatic amines is 1. The number of hydrogen-bond acceptors (Lipinski definition) is 4. The second-order valence-corrected chi connectivity index (χ2v) is 4.65. The normalized spacial score (nSPS) is 16.9. The second kappa shape index (κ2) is 5.21. The Morgan fingerprint density at radius 3 is 2.85 bits per heavy atom. The highest BCUT2D eigenvalue weighted by Crippen LogP contribution is 2.22. The van der Waals surface area contributed by atoms with Crippen molar-refractivity contribution < 1.29 is 9.53 Å². The van der Waals surface area contributed by atoms with E-state index in [1.165, 1.54) is 0 Å². The molecule has 3 rings (SSSR count). The Morgan fingerprint density at radius 2 is 2.15 bits per heavy atom. The van der Waals surface area contributed by atoms with Crippen molar-refractivity contribution in [2.24, 2.45) is 0 Å². The van der Waals surface area contributed by atoms with E-state index in [1.54, 1.807) is 0 Å². The zero-order valence-corrected chi connectivity index (χ0v) is 11.1. The number of aromatic nitrogens is 2. The lowest BCUT2D eigenvalue weighted by Gasteiger charge is -2.04. The number of carbonyl (C=O) groups excluding carboxylic acids is 1. The molecule has 0 atom stereocenters. The maximum Gasteiger partial charge on any atom is 0.335 e. The van der Waals surface area contributed by atoms with Gasteiger partial charge in [0.2, 0.25) is 0 Å². The van der Waals surface area contributed by atoms with Gasteiger partial charge in [-0.2, -0.15) is 5.10 Å². The van der Waals surface area contributed by atoms with Crippen LogP contribution in [0.3, 0.4) is 0 Å². The number of nitrogens with zero attached hydrogens (tertiary/aromatic N) is 1. The lowest BCUT2D eigenvalue weighted by atomic mass is 10.1. The standard InChI is InChI=1S/C15H15N3O2/c1-10(12-7-8-20-15(12)19)16-14-9-13(17-18-14)11-5-3-2-4-6-11/h2-6,9H,7-8H2,1H3,(H2,16,17,18)/b12-10-. The molecule has 1 aromatic carbocycles. The monoisotopic (exact) mass is 269 g/mol. The van der Waals surface area contributed by atoms with Crippen molar-refractivity contribution in [2.75, 3.05) is 11.9 Å². The number of carbonyl (C=O) groups is 1. The molecule has 0 unspecified atom stereocenters. The van der Waals surface area contributed by atoms with E-state index in [0.717, 1.165) is 17.0 Å². The molecule has 0 bridgehead atoms. The fourth-order valence-electron chi connectivity index (χ4n) is 2.19. The number of anilines is 1. The fourth-order valence-corrected chi connectivity index (χ4v) is 2.19. The number of esters is 1. The van der Waals surface area contributed by atoms with Gasteiger partial charge in [-0.05, 0) is 12.5 Å². The van der Waals surface area contributed by atoms with Gasteiger partial charge in [-0.15, -0.1) is 0 Å². The maximum atomic E-state index is 11.5. The molecule has 0 amide bonds. The number of rotatable bonds is 3. The second-order valence-electron chi connectivity index (χ2n) is 4.65. The first kappa shape index (κ1) is 12.5. The summed E-state index contributed by atoms with van der Waals surface area (Å²) in [4.78, 5) is 11.5. The number of benzene rings is 1. The van der Waals surface area contributed by atoms with Gasteiger partial charge in [0, 0.05) is 18.2 Å². The van der Waals surface area contributed by atoms with Gasteiger partial charge in [0.25, 0.3) is 0 Å². The molecule has 102 valence electrons. The van der Waals surface area contributed by atoms with E-state index in [-0.39, 0.29) is 5.97 Å². The van der Waals surface area contributed by atoms with Crippen molar-refractivity contribution in [1.82, 2.24) is 10.2 Å². The van der Waals surface area contributed by atoms with Gasteiger partial charge in [-0.25, -0.2) is 4.79 Å². The predicted octanol–water partition coefficient (Wildman–Crippen LogP) is 2.71. The Hall–Kier alpha value is -2.56. The number of H-pyrrole nitrogens is 1. The minimum atomic E-state index is -0.242. The molecular weight excluding hydrogens is 254 g/mol. The van der Waals surface area contributed by atoms with E-state index >= 15 is 0 Å². The summed E-state index contributed by atoms with van der Waals surface area (Å²) >= 11 is 0. The Bertz CT molecular complexity index is 659. The highest BCUT2D eigenvalue weighted by molar-refractivity contribution is 5.91. The van der Waals surface area contributed by atoms with Crippen LogP contribution in [0.25, 0.3) is 11.3 Å². The van der Waals surface area contributed by atoms with Gasteiger partial charge in [0.1, 0.15) is 0 Å². The van der Waals surface area contributed by atoms with Crippen molar-refractivity contribution in [3.8, 4) is 11.3 Å². The minimum absolute atomic E-state index is 0.242. The largest absolute Gasteiger partial charge is 0.462 e. The average Bonchev–Trinajstić information content (AvgIpc) is 3.09. The van der Waals surface area contributed by atoms with E-state index in [2.05, 4.69) is 15.5 Å². The number of nitrogens with one attached hydrogen (secondary N) is 2. The number of cyclic esters (lactones) is 1. The van der Waals surface area contributed by atoms with Gasteiger partial charge in [0.15, 0.2) is 5.82 Å². The first-order chi connectivity index (χ1) is 9.74. The average molecular weight is 269 g/mol. The topological polar surface area (TPSA) is 67.0 Å². The molecule has 2 N–H and O–H groups in total. The molecule has 1 saturated heterocycles. The molecule has 5 nitrogen and oxygen atoms in total. The van der Waals surface area contributed by atoms with E-state index in [0.29, 0.717) is 24.4 Å². The molecule has 2 aromatic rings. The van der Waals surface area contributed by atoms with Gasteiger partial charge >= 0.3 is 5.97 Å². The number of hydrogen-bond donors (Lipinski definition) is 2. The van der Waals surface area contributed by atoms with Crippen LogP contribution in [-0.4, -0.2) is 22.8 Å². The minimum Gasteiger partial charge on any atom is -0.462 e. The molecule has 0 saturated carbocycles. The van der Waals surface area contributed by atoms with Crippen LogP contribution in [0.4, 0.5) is 5.82 Å². The molecule has 0 spiro atoms. The fraction of sp³-hybridized carbons (Fsp3) is 0.200. The summed E-state index contributed by atoms with van der Waals surface area (Å²) in [5.41, 5.74) is 3.48. The summed E-state index contributed by atoms with van der Waals surface area (Å²) in [6.07, 6.45) is 0.646. The first-order valence-corrected chi connectivity index (χ1v) is 6.49. The van der Waals surface area contributed by atoms with Crippen molar-refractivity contribution >= 4 is 11.8 Å². The molecule has 1 aliphatic rings. The zero-order valence-electron chi connectivity index (χ0n) is 11.1. The Labute approximate surface area is 116 Å². The number of ether oxygens (including phenoxy) is 1. The third kappa shape index (κ3) is 2.42. The van der Waals surface area contributed by atoms with Crippen molar-refractivity contribution in [2.45, 2.75) is 13.3 Å². The SMILES string of the molecule is C/C(Nc1cc(-c2ccccc2)[nH]n1)=C1\CCOC1=O. The highest BCUT2D eigenvalue weighted by atomic mass is 16.5. The highest BCUT2D eigenvalue weighted by Gasteiger charge is 2.21. The molecule has 0 radical (unpaired) electrons. The molecule has 1 aromatic heterocycles. The summed E-state index contributed by atoms with van der Waals surface area (Å²) in [6.45, 7) is 2.32. The molecule has 2 heterocycles. The van der Waals surface area contributed by atoms with Crippen LogP contribution in [-0.2, 0) is 9.53 Å². The van der Waals surface area contributed by atoms with E-state index in [9.17, 15) is 4.79 Å². The van der Waals surface area contributed by atoms with Crippen molar-refractivity contribution in [3.05, 3.63) is 47.7 Å². The molecular formula is C15H15N3O2. The number of allylic oxidation sites excluding steroid dienone is 1. The van der Waals surface area contributed by atoms with Gasteiger partial charge in [0.05, 0.1) is 17.9 Å². The van der Waals surface area contributed by atoms with Crippen LogP contribution in [0.2, 0.25) is 0 Å². The Balaban J connectivity index is 1.80. The van der Waals surface area contributed by atoms with E-state index in [1.807, 2.05) is 43.3 Å². The van der Waals surface area contributed by atoms with Crippen LogP contribution in [0.15, 0.2) is 47.7 Å². The van der Waals surface area contributed by atoms with E-state index < -0.39 is 0 Å². The van der Waals surface area contributed by atoms with Crippen LogP contribution in [0, 0.1) is 0 Å². The lowest BCUT2D eigenvalue weighted by Crippen LogP contribution is -2.04. The van der Waals surface area contributed by atoms with Crippen LogP contribution < -0.4 is 5.32 Å². The Kier molecular flexibility index (Phi) is 3.25. The zero-order chi connectivity index (χ0) is 13.9. The predicted molar refractivity (Wildman–Crippen MR) is 75.9 cm³/mol. The molecule has 5 heteroatoms. The lowest BCUT2D eigenvalue weighted by molar-refractivity contribution is -0.135. The third-order valence-electron chi connectivity index (χ3n) is 3.26. The first-order valence-electron chi connectivity index (χ1n) is 6.49. The summed E-state index contributed by atoms with van der Waals surface area (Å²) < 4.78 is 4.93. The van der Waals surface area contributed by atoms with Gasteiger partial charge < -0.3 is 10.1 Å². The summed E-state index contributed by atoms with van der Waals surface area (Å²) in [6, 6.07) is 11.9. The molecule has 1 fully saturated rings. The quantitative estimate of drug-likeness (QED) is 0.664. The summed E-state index contributed by atoms with van der Waals surface area (Å²) in [7, 11) is 0. The van der Waals surface area contributed by atoms with Crippen LogP contribution in [0.5, 0.6) is 0 Å². The molecule has 20 heavy (non-hydrogen) atoms. The van der Waals surface area contributed by atoms with Crippen LogP contribution in [0.1, 0.15) is 13.3 Å². The summed E-state index contributed by atoms with van der Waals surface area (Å²) in [5, 5.41) is 10.3. The van der Waals surface area contributed by atoms with E-state index in [4.69, 9.17) is 4.74 Å². The third-order valence-corrected chi connectivity index (χ3v) is 3.26. The molecule has 0 aliphatic carbocycles. The van der Waals surface area contributed by atoms with Gasteiger partial charge in [-0.1, -0.05) is 30.3 Å². The van der Waals surface area contributed by atoms with Crippen molar-refractivity contribution in [3.63, 3.8) is 0 Å². The molecule has 1 aliphatic heterocycles. The maximum absolute atomic E-state index is 11.5. The van der Waals surface area contributed by atoms with Gasteiger partial charge in [-0.3, -0.25) is 5.10 Å². The van der Waals surface area contributed by atoms with Crippen LogP contribution >= 0.6 is 0 Å². The van der Waals surface area contributed by atoms with Crippen molar-refractivity contribution in [1.29, 1.82) is 0 Å². The smallest absolute Gasteiger partial charge is 0.335 e. The summed E-state index contributed by atoms with van der Waals surface area (Å²) in [5.74, 6) is 0.447. The Morgan fingerprint density at radius 1 is 1.35 bits per heavy atom.